The van der Waals surface area contributed by atoms with Gasteiger partial charge in [0.1, 0.15) is 0 Å². The number of hydrogen-bond donors (Lipinski definition) is 0. The van der Waals surface area contributed by atoms with Gasteiger partial charge < -0.3 is 0 Å². The maximum Gasteiger partial charge on any atom is -0.0152 e. The summed E-state index contributed by atoms with van der Waals surface area (Å²) in [5.74, 6) is 0.638. The van der Waals surface area contributed by atoms with E-state index >= 15 is 0 Å². The molecule has 0 N–H and O–H groups in total. The van der Waals surface area contributed by atoms with Crippen LogP contribution in [0.15, 0.2) is 48.5 Å². The van der Waals surface area contributed by atoms with Crippen molar-refractivity contribution in [2.45, 2.75) is 33.1 Å². The molecule has 0 aliphatic heterocycles. The molecule has 0 aliphatic carbocycles. The van der Waals surface area contributed by atoms with Crippen LogP contribution in [-0.2, 0) is 0 Å². The Bertz CT molecular complexity index is 483. The molecule has 0 nitrogen and oxygen atoms in total. The van der Waals surface area contributed by atoms with E-state index in [1.807, 2.05) is 0 Å². The van der Waals surface area contributed by atoms with Gasteiger partial charge in [-0.3, -0.25) is 0 Å². The van der Waals surface area contributed by atoms with E-state index in [0.29, 0.717) is 5.92 Å². The maximum absolute atomic E-state index is 2.30. The highest BCUT2D eigenvalue weighted by Crippen LogP contribution is 2.30. The number of hydrogen-bond acceptors (Lipinski definition) is 0. The zero-order valence-corrected chi connectivity index (χ0v) is 10.9. The summed E-state index contributed by atoms with van der Waals surface area (Å²) in [7, 11) is 0. The monoisotopic (exact) mass is 224 g/mol. The molecule has 2 aromatic rings. The third-order valence-corrected chi connectivity index (χ3v) is 3.60. The van der Waals surface area contributed by atoms with E-state index in [0.717, 1.165) is 0 Å². The smallest absolute Gasteiger partial charge is 0.0152 e. The second-order valence-corrected chi connectivity index (χ2v) is 4.70. The van der Waals surface area contributed by atoms with Crippen molar-refractivity contribution < 1.29 is 0 Å². The Morgan fingerprint density at radius 2 is 1.65 bits per heavy atom. The van der Waals surface area contributed by atoms with Gasteiger partial charge in [-0.25, -0.2) is 0 Å². The molecule has 0 aliphatic rings. The Hall–Kier alpha value is -1.56. The van der Waals surface area contributed by atoms with Gasteiger partial charge in [0, 0.05) is 0 Å². The van der Waals surface area contributed by atoms with Crippen molar-refractivity contribution >= 4 is 0 Å². The van der Waals surface area contributed by atoms with Gasteiger partial charge in [0.2, 0.25) is 0 Å². The van der Waals surface area contributed by atoms with Crippen molar-refractivity contribution in [1.29, 1.82) is 0 Å². The third kappa shape index (κ3) is 2.41. The largest absolute Gasteiger partial charge is 0.0648 e. The molecular weight excluding hydrogens is 204 g/mol. The summed E-state index contributed by atoms with van der Waals surface area (Å²) < 4.78 is 0. The summed E-state index contributed by atoms with van der Waals surface area (Å²) in [6.45, 7) is 6.79. The first-order chi connectivity index (χ1) is 8.24. The zero-order valence-electron chi connectivity index (χ0n) is 10.9. The lowest BCUT2D eigenvalue weighted by atomic mass is 9.89. The van der Waals surface area contributed by atoms with E-state index < -0.39 is 0 Å². The Morgan fingerprint density at radius 1 is 0.941 bits per heavy atom. The molecule has 2 rings (SSSR count). The molecule has 0 heteroatoms. The molecule has 0 saturated heterocycles. The van der Waals surface area contributed by atoms with Crippen molar-refractivity contribution in [3.8, 4) is 11.1 Å². The molecule has 17 heavy (non-hydrogen) atoms. The van der Waals surface area contributed by atoms with Gasteiger partial charge in [-0.15, -0.1) is 0 Å². The second-order valence-electron chi connectivity index (χ2n) is 4.70. The van der Waals surface area contributed by atoms with Gasteiger partial charge in [-0.2, -0.15) is 0 Å². The molecule has 0 spiro atoms. The standard InChI is InChI=1S/C17H20/c1-4-13(2)16-11-8-12-17(14(16)3)15-9-6-5-7-10-15/h5-13H,4H2,1-3H3. The average Bonchev–Trinajstić information content (AvgIpc) is 2.39. The van der Waals surface area contributed by atoms with E-state index in [1.165, 1.54) is 28.7 Å². The van der Waals surface area contributed by atoms with Crippen LogP contribution in [0.4, 0.5) is 0 Å². The second kappa shape index (κ2) is 5.18. The molecular formula is C17H20. The molecule has 0 saturated carbocycles. The van der Waals surface area contributed by atoms with Crippen LogP contribution >= 0.6 is 0 Å². The lowest BCUT2D eigenvalue weighted by Gasteiger charge is -2.16. The fourth-order valence-corrected chi connectivity index (χ4v) is 2.34. The predicted octanol–water partition coefficient (Wildman–Crippen LogP) is 5.18. The van der Waals surface area contributed by atoms with Crippen LogP contribution in [0.2, 0.25) is 0 Å². The molecule has 0 bridgehead atoms. The molecule has 88 valence electrons. The molecule has 0 heterocycles. The van der Waals surface area contributed by atoms with Crippen LogP contribution in [0.5, 0.6) is 0 Å². The van der Waals surface area contributed by atoms with Gasteiger partial charge >= 0.3 is 0 Å². The molecule has 0 radical (unpaired) electrons. The first kappa shape index (κ1) is 11.9. The molecule has 0 aromatic heterocycles. The number of benzene rings is 2. The van der Waals surface area contributed by atoms with Crippen molar-refractivity contribution in [1.82, 2.24) is 0 Å². The highest BCUT2D eigenvalue weighted by atomic mass is 14.1. The lowest BCUT2D eigenvalue weighted by molar-refractivity contribution is 0.728. The Labute approximate surface area is 104 Å². The maximum atomic E-state index is 2.30. The van der Waals surface area contributed by atoms with Crippen molar-refractivity contribution in [3.63, 3.8) is 0 Å². The molecule has 1 unspecified atom stereocenters. The van der Waals surface area contributed by atoms with Gasteiger partial charge in [0.25, 0.3) is 0 Å². The Morgan fingerprint density at radius 3 is 2.29 bits per heavy atom. The highest BCUT2D eigenvalue weighted by Gasteiger charge is 2.09. The van der Waals surface area contributed by atoms with Crippen LogP contribution in [-0.4, -0.2) is 0 Å². The van der Waals surface area contributed by atoms with Gasteiger partial charge in [-0.05, 0) is 41.5 Å². The van der Waals surface area contributed by atoms with Crippen LogP contribution in [0, 0.1) is 6.92 Å². The molecule has 2 aromatic carbocycles. The zero-order chi connectivity index (χ0) is 12.3. The summed E-state index contributed by atoms with van der Waals surface area (Å²) in [4.78, 5) is 0. The van der Waals surface area contributed by atoms with Crippen molar-refractivity contribution in [2.24, 2.45) is 0 Å². The summed E-state index contributed by atoms with van der Waals surface area (Å²) in [6, 6.07) is 17.3. The summed E-state index contributed by atoms with van der Waals surface area (Å²) >= 11 is 0. The average molecular weight is 224 g/mol. The summed E-state index contributed by atoms with van der Waals surface area (Å²) in [5, 5.41) is 0. The molecule has 0 amide bonds. The normalized spacial score (nSPS) is 12.4. The fourth-order valence-electron chi connectivity index (χ4n) is 2.34. The first-order valence-corrected chi connectivity index (χ1v) is 6.39. The van der Waals surface area contributed by atoms with Crippen LogP contribution in [0.3, 0.4) is 0 Å². The van der Waals surface area contributed by atoms with Gasteiger partial charge in [0.15, 0.2) is 0 Å². The van der Waals surface area contributed by atoms with Crippen molar-refractivity contribution in [3.05, 3.63) is 59.7 Å². The quantitative estimate of drug-likeness (QED) is 0.674. The van der Waals surface area contributed by atoms with Gasteiger partial charge in [-0.1, -0.05) is 62.4 Å². The lowest BCUT2D eigenvalue weighted by Crippen LogP contribution is -1.96. The van der Waals surface area contributed by atoms with Gasteiger partial charge in [0.05, 0.1) is 0 Å². The Kier molecular flexibility index (Phi) is 3.63. The Balaban J connectivity index is 2.50. The topological polar surface area (TPSA) is 0 Å². The minimum atomic E-state index is 0.638. The van der Waals surface area contributed by atoms with Crippen LogP contribution in [0.25, 0.3) is 11.1 Å². The minimum absolute atomic E-state index is 0.638. The van der Waals surface area contributed by atoms with E-state index in [4.69, 9.17) is 0 Å². The minimum Gasteiger partial charge on any atom is -0.0648 e. The third-order valence-electron chi connectivity index (χ3n) is 3.60. The van der Waals surface area contributed by atoms with E-state index in [-0.39, 0.29) is 0 Å². The van der Waals surface area contributed by atoms with E-state index in [9.17, 15) is 0 Å². The summed E-state index contributed by atoms with van der Waals surface area (Å²) in [6.07, 6.45) is 1.19. The van der Waals surface area contributed by atoms with Crippen LogP contribution in [0.1, 0.15) is 37.3 Å². The fraction of sp³-hybridized carbons (Fsp3) is 0.294. The van der Waals surface area contributed by atoms with E-state index in [1.54, 1.807) is 0 Å². The molecule has 1 atom stereocenters. The highest BCUT2D eigenvalue weighted by molar-refractivity contribution is 5.68. The summed E-state index contributed by atoms with van der Waals surface area (Å²) in [5.41, 5.74) is 5.58. The molecule has 0 fully saturated rings. The number of rotatable bonds is 3. The van der Waals surface area contributed by atoms with Crippen LogP contribution < -0.4 is 0 Å². The SMILES string of the molecule is CCC(C)c1cccc(-c2ccccc2)c1C. The predicted molar refractivity (Wildman–Crippen MR) is 75.3 cm³/mol. The van der Waals surface area contributed by atoms with E-state index in [2.05, 4.69) is 69.3 Å². The first-order valence-electron chi connectivity index (χ1n) is 6.39. The van der Waals surface area contributed by atoms with Crippen molar-refractivity contribution in [2.75, 3.05) is 0 Å².